The lowest BCUT2D eigenvalue weighted by Crippen LogP contribution is -2.55. The van der Waals surface area contributed by atoms with Gasteiger partial charge in [-0.05, 0) is 57.8 Å². The summed E-state index contributed by atoms with van der Waals surface area (Å²) in [7, 11) is 5.39. The second kappa shape index (κ2) is 33.0. The zero-order chi connectivity index (χ0) is 36.4. The number of hydrogen-bond donors (Lipinski definition) is 0. The molecule has 8 heteroatoms. The summed E-state index contributed by atoms with van der Waals surface area (Å²) in [4.78, 5) is 36.6. The maximum Gasteiger partial charge on any atom is 0.306 e. The van der Waals surface area contributed by atoms with E-state index in [-0.39, 0.29) is 42.7 Å². The van der Waals surface area contributed by atoms with Gasteiger partial charge in [-0.3, -0.25) is 9.59 Å². The molecule has 0 aliphatic rings. The van der Waals surface area contributed by atoms with Crippen molar-refractivity contribution in [1.82, 2.24) is 0 Å². The summed E-state index contributed by atoms with van der Waals surface area (Å²) in [5, 5.41) is 11.6. The predicted octanol–water partition coefficient (Wildman–Crippen LogP) is 8.80. The third kappa shape index (κ3) is 31.5. The number of ether oxygens (including phenoxy) is 3. The molecule has 0 heterocycles. The van der Waals surface area contributed by atoms with Gasteiger partial charge in [0.25, 0.3) is 0 Å². The highest BCUT2D eigenvalue weighted by Gasteiger charge is 2.25. The van der Waals surface area contributed by atoms with Crippen molar-refractivity contribution in [3.63, 3.8) is 0 Å². The average molecular weight is 694 g/mol. The summed E-state index contributed by atoms with van der Waals surface area (Å²) < 4.78 is 17.1. The van der Waals surface area contributed by atoms with E-state index in [2.05, 4.69) is 38.2 Å². The number of hydrogen-bond acceptors (Lipinski definition) is 7. The van der Waals surface area contributed by atoms with Crippen LogP contribution >= 0.6 is 0 Å². The lowest BCUT2D eigenvalue weighted by molar-refractivity contribution is -0.889. The summed E-state index contributed by atoms with van der Waals surface area (Å²) in [6, 6.07) is -0.725. The Morgan fingerprint density at radius 3 is 1.55 bits per heavy atom. The Bertz CT molecular complexity index is 864. The van der Waals surface area contributed by atoms with Gasteiger partial charge in [-0.1, -0.05) is 115 Å². The summed E-state index contributed by atoms with van der Waals surface area (Å²) in [6.07, 6.45) is 33.4. The Morgan fingerprint density at radius 1 is 0.592 bits per heavy atom. The highest BCUT2D eigenvalue weighted by molar-refractivity contribution is 5.70. The van der Waals surface area contributed by atoms with E-state index in [9.17, 15) is 19.5 Å². The molecule has 49 heavy (non-hydrogen) atoms. The fourth-order valence-electron chi connectivity index (χ4n) is 5.65. The van der Waals surface area contributed by atoms with E-state index in [0.717, 1.165) is 70.6 Å². The molecule has 8 nitrogen and oxygen atoms in total. The number of allylic oxidation sites excluding steroid dienone is 4. The van der Waals surface area contributed by atoms with Crippen LogP contribution < -0.4 is 5.11 Å². The minimum atomic E-state index is -1.13. The highest BCUT2D eigenvalue weighted by Crippen LogP contribution is 2.13. The molecule has 0 aromatic heterocycles. The average Bonchev–Trinajstić information content (AvgIpc) is 3.05. The van der Waals surface area contributed by atoms with Crippen molar-refractivity contribution in [2.75, 3.05) is 41.0 Å². The van der Waals surface area contributed by atoms with Gasteiger partial charge in [-0.15, -0.1) is 0 Å². The summed E-state index contributed by atoms with van der Waals surface area (Å²) in [6.45, 7) is 4.57. The standard InChI is InChI=1S/C41H75NO7/c1-6-8-10-12-14-16-18-19-20-21-22-24-26-28-30-32-40(44)49-37(35-47-34-33-38(41(45)46)42(3,4)5)36-48-39(43)31-29-27-25-23-17-15-13-11-9-7-2/h11,13,19-20,37-38H,6-10,12,14-18,21-36H2,1-5H3/b13-11-,20-19-. The molecule has 286 valence electrons. The molecule has 0 saturated carbocycles. The van der Waals surface area contributed by atoms with Crippen LogP contribution in [-0.4, -0.2) is 75.5 Å². The molecule has 0 bridgehead atoms. The largest absolute Gasteiger partial charge is 0.544 e. The number of nitrogens with zero attached hydrogens (tertiary/aromatic N) is 1. The lowest BCUT2D eigenvalue weighted by Gasteiger charge is -2.34. The van der Waals surface area contributed by atoms with E-state index in [1.807, 2.05) is 0 Å². The van der Waals surface area contributed by atoms with Gasteiger partial charge in [0.2, 0.25) is 0 Å². The molecular formula is C41H75NO7. The van der Waals surface area contributed by atoms with Crippen molar-refractivity contribution in [2.45, 2.75) is 180 Å². The zero-order valence-corrected chi connectivity index (χ0v) is 32.4. The van der Waals surface area contributed by atoms with Crippen LogP contribution in [0.4, 0.5) is 0 Å². The van der Waals surface area contributed by atoms with E-state index in [1.54, 1.807) is 21.1 Å². The molecule has 2 atom stereocenters. The maximum atomic E-state index is 12.6. The van der Waals surface area contributed by atoms with Gasteiger partial charge in [-0.2, -0.15) is 0 Å². The minimum absolute atomic E-state index is 0.0367. The monoisotopic (exact) mass is 694 g/mol. The quantitative estimate of drug-likeness (QED) is 0.0283. The number of rotatable bonds is 35. The van der Waals surface area contributed by atoms with Crippen LogP contribution in [0.25, 0.3) is 0 Å². The first-order chi connectivity index (χ1) is 23.6. The van der Waals surface area contributed by atoms with Crippen molar-refractivity contribution in [1.29, 1.82) is 0 Å². The number of likely N-dealkylation sites (N-methyl/N-ethyl adjacent to an activating group) is 1. The summed E-state index contributed by atoms with van der Waals surface area (Å²) in [5.41, 5.74) is 0. The molecule has 2 unspecified atom stereocenters. The zero-order valence-electron chi connectivity index (χ0n) is 32.4. The van der Waals surface area contributed by atoms with E-state index < -0.39 is 18.1 Å². The molecule has 0 aliphatic heterocycles. The number of carbonyl (C=O) groups is 3. The fourth-order valence-corrected chi connectivity index (χ4v) is 5.65. The van der Waals surface area contributed by atoms with Crippen LogP contribution in [0.3, 0.4) is 0 Å². The second-order valence-corrected chi connectivity index (χ2v) is 14.5. The highest BCUT2D eigenvalue weighted by atomic mass is 16.6. The normalized spacial score (nSPS) is 13.2. The predicted molar refractivity (Wildman–Crippen MR) is 199 cm³/mol. The molecule has 0 fully saturated rings. The Balaban J connectivity index is 4.41. The van der Waals surface area contributed by atoms with Crippen LogP contribution in [0.1, 0.15) is 168 Å². The first kappa shape index (κ1) is 46.8. The van der Waals surface area contributed by atoms with E-state index >= 15 is 0 Å². The molecule has 0 aromatic carbocycles. The summed E-state index contributed by atoms with van der Waals surface area (Å²) in [5.74, 6) is -1.76. The van der Waals surface area contributed by atoms with Crippen molar-refractivity contribution >= 4 is 17.9 Å². The Kier molecular flexibility index (Phi) is 31.5. The molecular weight excluding hydrogens is 618 g/mol. The number of carboxylic acids is 1. The minimum Gasteiger partial charge on any atom is -0.544 e. The Morgan fingerprint density at radius 2 is 1.06 bits per heavy atom. The van der Waals surface area contributed by atoms with Crippen molar-refractivity contribution in [2.24, 2.45) is 0 Å². The Hall–Kier alpha value is -2.19. The van der Waals surface area contributed by atoms with Crippen molar-refractivity contribution < 1.29 is 38.2 Å². The molecule has 0 spiro atoms. The van der Waals surface area contributed by atoms with Gasteiger partial charge in [0.05, 0.1) is 40.3 Å². The Labute approximate surface area is 301 Å². The van der Waals surface area contributed by atoms with Crippen LogP contribution in [0.15, 0.2) is 24.3 Å². The lowest BCUT2D eigenvalue weighted by atomic mass is 10.1. The van der Waals surface area contributed by atoms with Crippen LogP contribution in [0.2, 0.25) is 0 Å². The number of carbonyl (C=O) groups excluding carboxylic acids is 3. The van der Waals surface area contributed by atoms with E-state index in [1.165, 1.54) is 64.2 Å². The maximum absolute atomic E-state index is 12.6. The molecule has 0 rings (SSSR count). The van der Waals surface area contributed by atoms with Crippen LogP contribution in [0, 0.1) is 0 Å². The molecule has 0 amide bonds. The number of aliphatic carboxylic acids is 1. The number of quaternary nitrogens is 1. The third-order valence-electron chi connectivity index (χ3n) is 8.79. The third-order valence-corrected chi connectivity index (χ3v) is 8.79. The number of esters is 2. The molecule has 0 radical (unpaired) electrons. The summed E-state index contributed by atoms with van der Waals surface area (Å²) >= 11 is 0. The van der Waals surface area contributed by atoms with Gasteiger partial charge in [0, 0.05) is 19.3 Å². The van der Waals surface area contributed by atoms with Gasteiger partial charge < -0.3 is 28.6 Å². The fraction of sp³-hybridized carbons (Fsp3) is 0.829. The van der Waals surface area contributed by atoms with Gasteiger partial charge >= 0.3 is 11.9 Å². The van der Waals surface area contributed by atoms with Crippen LogP contribution in [-0.2, 0) is 28.6 Å². The van der Waals surface area contributed by atoms with E-state index in [4.69, 9.17) is 14.2 Å². The molecule has 0 saturated heterocycles. The van der Waals surface area contributed by atoms with Gasteiger partial charge in [0.1, 0.15) is 12.6 Å². The topological polar surface area (TPSA) is 102 Å². The molecule has 0 N–H and O–H groups in total. The second-order valence-electron chi connectivity index (χ2n) is 14.5. The SMILES string of the molecule is CCC/C=C\CCCCCCCC(=O)OCC(COCCC(C(=O)[O-])[N+](C)(C)C)OC(=O)CCCCCCC/C=C\CCCCCCCC. The first-order valence-electron chi connectivity index (χ1n) is 19.9. The van der Waals surface area contributed by atoms with Crippen molar-refractivity contribution in [3.8, 4) is 0 Å². The smallest absolute Gasteiger partial charge is 0.306 e. The molecule has 0 aromatic rings. The first-order valence-corrected chi connectivity index (χ1v) is 19.9. The number of carboxylic acid groups (broad SMARTS) is 1. The van der Waals surface area contributed by atoms with Crippen LogP contribution in [0.5, 0.6) is 0 Å². The van der Waals surface area contributed by atoms with E-state index in [0.29, 0.717) is 12.8 Å². The molecule has 0 aliphatic carbocycles. The van der Waals surface area contributed by atoms with Crippen molar-refractivity contribution in [3.05, 3.63) is 24.3 Å². The van der Waals surface area contributed by atoms with Gasteiger partial charge in [-0.25, -0.2) is 0 Å². The van der Waals surface area contributed by atoms with Gasteiger partial charge in [0.15, 0.2) is 6.10 Å². The number of unbranched alkanes of at least 4 members (excludes halogenated alkanes) is 17.